The minimum absolute atomic E-state index is 0.203. The first-order valence-corrected chi connectivity index (χ1v) is 9.52. The van der Waals surface area contributed by atoms with Crippen molar-refractivity contribution in [3.05, 3.63) is 41.6 Å². The average Bonchev–Trinajstić information content (AvgIpc) is 2.71. The molecule has 1 aromatic heterocycles. The number of rotatable bonds is 5. The molecule has 0 spiro atoms. The molecule has 1 heterocycles. The number of aromatic nitrogens is 2. The van der Waals surface area contributed by atoms with Crippen LogP contribution in [-0.4, -0.2) is 29.8 Å². The van der Waals surface area contributed by atoms with Crippen molar-refractivity contribution < 1.29 is 31.1 Å². The Hall–Kier alpha value is -2.52. The molecule has 164 valence electrons. The fourth-order valence-corrected chi connectivity index (χ4v) is 3.50. The molecule has 0 radical (unpaired) electrons. The Morgan fingerprint density at radius 1 is 1.00 bits per heavy atom. The summed E-state index contributed by atoms with van der Waals surface area (Å²) in [6.07, 6.45) is -3.45. The summed E-state index contributed by atoms with van der Waals surface area (Å²) < 4.78 is 80.9. The Labute approximate surface area is 169 Å². The van der Waals surface area contributed by atoms with Crippen LogP contribution in [0.5, 0.6) is 5.88 Å². The zero-order chi connectivity index (χ0) is 21.9. The number of hydrogen-bond donors (Lipinski definition) is 0. The Bertz CT molecular complexity index is 845. The SMILES string of the molecule is CN(c1ccc(C2CCCCC2)cc1)c1ncc(C(F)(F)F)c(OCC(F)(F)F)n1. The maximum absolute atomic E-state index is 13.1. The van der Waals surface area contributed by atoms with Gasteiger partial charge in [0.25, 0.3) is 0 Å². The summed E-state index contributed by atoms with van der Waals surface area (Å²) in [6.45, 7) is -1.88. The van der Waals surface area contributed by atoms with Crippen molar-refractivity contribution in [2.75, 3.05) is 18.6 Å². The average molecular weight is 433 g/mol. The van der Waals surface area contributed by atoms with Gasteiger partial charge in [0.1, 0.15) is 5.56 Å². The van der Waals surface area contributed by atoms with E-state index in [0.29, 0.717) is 17.8 Å². The predicted octanol–water partition coefficient (Wildman–Crippen LogP) is 6.25. The van der Waals surface area contributed by atoms with Crippen LogP contribution in [0.2, 0.25) is 0 Å². The second kappa shape index (κ2) is 8.69. The zero-order valence-electron chi connectivity index (χ0n) is 16.2. The van der Waals surface area contributed by atoms with Gasteiger partial charge >= 0.3 is 12.4 Å². The van der Waals surface area contributed by atoms with Gasteiger partial charge in [-0.15, -0.1) is 0 Å². The van der Waals surface area contributed by atoms with E-state index in [0.717, 1.165) is 12.8 Å². The largest absolute Gasteiger partial charge is 0.467 e. The van der Waals surface area contributed by atoms with Gasteiger partial charge in [0.05, 0.1) is 0 Å². The van der Waals surface area contributed by atoms with E-state index in [9.17, 15) is 26.3 Å². The monoisotopic (exact) mass is 433 g/mol. The molecular weight excluding hydrogens is 412 g/mol. The number of benzene rings is 1. The first-order chi connectivity index (χ1) is 14.0. The molecule has 0 amide bonds. The van der Waals surface area contributed by atoms with E-state index in [1.165, 1.54) is 36.8 Å². The van der Waals surface area contributed by atoms with E-state index in [1.54, 1.807) is 12.1 Å². The van der Waals surface area contributed by atoms with Gasteiger partial charge in [-0.05, 0) is 36.5 Å². The number of halogens is 6. The lowest BCUT2D eigenvalue weighted by atomic mass is 9.84. The third kappa shape index (κ3) is 5.54. The first-order valence-electron chi connectivity index (χ1n) is 9.52. The minimum atomic E-state index is -4.94. The van der Waals surface area contributed by atoms with E-state index in [4.69, 9.17) is 0 Å². The molecule has 1 aromatic carbocycles. The fraction of sp³-hybridized carbons (Fsp3) is 0.500. The van der Waals surface area contributed by atoms with Crippen molar-refractivity contribution in [3.8, 4) is 5.88 Å². The maximum atomic E-state index is 13.1. The van der Waals surface area contributed by atoms with Gasteiger partial charge < -0.3 is 9.64 Å². The Balaban J connectivity index is 1.83. The molecule has 0 aliphatic heterocycles. The molecule has 1 aliphatic carbocycles. The smallest absolute Gasteiger partial charge is 0.423 e. The van der Waals surface area contributed by atoms with Gasteiger partial charge in [-0.2, -0.15) is 31.3 Å². The summed E-state index contributed by atoms with van der Waals surface area (Å²) in [5.74, 6) is -0.871. The quantitative estimate of drug-likeness (QED) is 0.523. The van der Waals surface area contributed by atoms with Crippen LogP contribution in [0.1, 0.15) is 49.1 Å². The molecule has 3 rings (SSSR count). The Morgan fingerprint density at radius 3 is 2.20 bits per heavy atom. The van der Waals surface area contributed by atoms with Crippen molar-refractivity contribution >= 4 is 11.6 Å². The lowest BCUT2D eigenvalue weighted by molar-refractivity contribution is -0.159. The third-order valence-corrected chi connectivity index (χ3v) is 5.08. The van der Waals surface area contributed by atoms with Crippen LogP contribution in [0.25, 0.3) is 0 Å². The van der Waals surface area contributed by atoms with Gasteiger partial charge in [-0.3, -0.25) is 0 Å². The summed E-state index contributed by atoms with van der Waals surface area (Å²) >= 11 is 0. The van der Waals surface area contributed by atoms with E-state index in [-0.39, 0.29) is 5.95 Å². The molecule has 0 saturated heterocycles. The van der Waals surface area contributed by atoms with Crippen LogP contribution in [0.3, 0.4) is 0 Å². The molecule has 1 fully saturated rings. The molecule has 30 heavy (non-hydrogen) atoms. The first kappa shape index (κ1) is 22.2. The third-order valence-electron chi connectivity index (χ3n) is 5.08. The maximum Gasteiger partial charge on any atom is 0.423 e. The lowest BCUT2D eigenvalue weighted by Crippen LogP contribution is -2.23. The molecule has 0 N–H and O–H groups in total. The number of nitrogens with zero attached hydrogens (tertiary/aromatic N) is 3. The van der Waals surface area contributed by atoms with Crippen molar-refractivity contribution in [1.29, 1.82) is 0 Å². The summed E-state index contributed by atoms with van der Waals surface area (Å²) in [4.78, 5) is 8.67. The standard InChI is InChI=1S/C20H21F6N3O/c1-29(15-9-7-14(8-10-15)13-5-3-2-4-6-13)18-27-11-16(20(24,25)26)17(28-18)30-12-19(21,22)23/h7-11,13H,2-6,12H2,1H3. The van der Waals surface area contributed by atoms with E-state index in [1.807, 2.05) is 12.1 Å². The summed E-state index contributed by atoms with van der Waals surface area (Å²) in [5.41, 5.74) is 0.321. The Morgan fingerprint density at radius 2 is 1.63 bits per heavy atom. The second-order valence-electron chi connectivity index (χ2n) is 7.28. The summed E-state index contributed by atoms with van der Waals surface area (Å²) in [7, 11) is 1.52. The van der Waals surface area contributed by atoms with Gasteiger partial charge in [0, 0.05) is 18.9 Å². The fourth-order valence-electron chi connectivity index (χ4n) is 3.50. The van der Waals surface area contributed by atoms with Gasteiger partial charge in [0.15, 0.2) is 6.61 Å². The summed E-state index contributed by atoms with van der Waals surface area (Å²) in [6, 6.07) is 7.49. The molecule has 0 unspecified atom stereocenters. The number of ether oxygens (including phenoxy) is 1. The second-order valence-corrected chi connectivity index (χ2v) is 7.28. The topological polar surface area (TPSA) is 38.2 Å². The highest BCUT2D eigenvalue weighted by Gasteiger charge is 2.38. The predicted molar refractivity (Wildman–Crippen MR) is 98.9 cm³/mol. The van der Waals surface area contributed by atoms with Crippen LogP contribution in [0.4, 0.5) is 38.0 Å². The van der Waals surface area contributed by atoms with Gasteiger partial charge in [-0.25, -0.2) is 4.98 Å². The highest BCUT2D eigenvalue weighted by molar-refractivity contribution is 5.57. The van der Waals surface area contributed by atoms with Crippen molar-refractivity contribution in [1.82, 2.24) is 9.97 Å². The molecule has 2 aromatic rings. The molecular formula is C20H21F6N3O. The van der Waals surface area contributed by atoms with Crippen LogP contribution < -0.4 is 9.64 Å². The Kier molecular flexibility index (Phi) is 6.42. The highest BCUT2D eigenvalue weighted by Crippen LogP contribution is 2.37. The molecule has 10 heteroatoms. The summed E-state index contributed by atoms with van der Waals surface area (Å²) in [5, 5.41) is 0. The zero-order valence-corrected chi connectivity index (χ0v) is 16.2. The van der Waals surface area contributed by atoms with E-state index < -0.39 is 30.4 Å². The molecule has 1 aliphatic rings. The molecule has 4 nitrogen and oxygen atoms in total. The van der Waals surface area contributed by atoms with Crippen LogP contribution in [0.15, 0.2) is 30.5 Å². The minimum Gasteiger partial charge on any atom is -0.467 e. The number of alkyl halides is 6. The van der Waals surface area contributed by atoms with Crippen LogP contribution >= 0.6 is 0 Å². The molecule has 1 saturated carbocycles. The van der Waals surface area contributed by atoms with Crippen molar-refractivity contribution in [2.24, 2.45) is 0 Å². The van der Waals surface area contributed by atoms with Crippen LogP contribution in [0, 0.1) is 0 Å². The van der Waals surface area contributed by atoms with E-state index in [2.05, 4.69) is 14.7 Å². The highest BCUT2D eigenvalue weighted by atomic mass is 19.4. The molecule has 0 bridgehead atoms. The number of anilines is 2. The van der Waals surface area contributed by atoms with E-state index >= 15 is 0 Å². The number of hydrogen-bond acceptors (Lipinski definition) is 4. The van der Waals surface area contributed by atoms with Crippen molar-refractivity contribution in [3.63, 3.8) is 0 Å². The van der Waals surface area contributed by atoms with Gasteiger partial charge in [-0.1, -0.05) is 31.4 Å². The molecule has 0 atom stereocenters. The van der Waals surface area contributed by atoms with Crippen LogP contribution in [-0.2, 0) is 6.18 Å². The van der Waals surface area contributed by atoms with Crippen molar-refractivity contribution in [2.45, 2.75) is 50.4 Å². The normalized spacial score (nSPS) is 15.8. The lowest BCUT2D eigenvalue weighted by Gasteiger charge is -2.23. The van der Waals surface area contributed by atoms with Gasteiger partial charge in [0.2, 0.25) is 11.8 Å².